The van der Waals surface area contributed by atoms with Gasteiger partial charge in [0.2, 0.25) is 0 Å². The summed E-state index contributed by atoms with van der Waals surface area (Å²) in [5.74, 6) is 2.77. The van der Waals surface area contributed by atoms with Gasteiger partial charge in [-0.2, -0.15) is 0 Å². The second-order valence-corrected chi connectivity index (χ2v) is 2.93. The van der Waals surface area contributed by atoms with E-state index in [-0.39, 0.29) is 0 Å². The predicted octanol–water partition coefficient (Wildman–Crippen LogP) is -0.135. The van der Waals surface area contributed by atoms with E-state index in [0.29, 0.717) is 6.04 Å². The molecule has 0 aliphatic carbocycles. The zero-order valence-electron chi connectivity index (χ0n) is 6.67. The van der Waals surface area contributed by atoms with Crippen LogP contribution in [0.3, 0.4) is 0 Å². The summed E-state index contributed by atoms with van der Waals surface area (Å²) in [7, 11) is 4.19. The minimum Gasteiger partial charge on any atom is -0.303 e. The third-order valence-corrected chi connectivity index (χ3v) is 2.04. The maximum Gasteiger partial charge on any atom is 0.0838 e. The number of hydrogen-bond acceptors (Lipinski definition) is 2. The highest BCUT2D eigenvalue weighted by molar-refractivity contribution is 5.02. The van der Waals surface area contributed by atoms with Gasteiger partial charge in [-0.05, 0) is 14.1 Å². The molecule has 56 valence electrons. The maximum absolute atomic E-state index is 5.34. The molecule has 1 heterocycles. The smallest absolute Gasteiger partial charge is 0.0838 e. The van der Waals surface area contributed by atoms with Crippen molar-refractivity contribution in [2.24, 2.45) is 0 Å². The Morgan fingerprint density at radius 2 is 2.10 bits per heavy atom. The molecular weight excluding hydrogens is 124 g/mol. The first kappa shape index (κ1) is 7.59. The number of terminal acetylenes is 1. The van der Waals surface area contributed by atoms with Crippen molar-refractivity contribution in [2.75, 3.05) is 33.7 Å². The van der Waals surface area contributed by atoms with Gasteiger partial charge in [-0.3, -0.25) is 4.90 Å². The molecule has 1 aliphatic heterocycles. The SMILES string of the molecule is C#C[C@@H]1CN(C)CCN1C. The van der Waals surface area contributed by atoms with Crippen LogP contribution in [0, 0.1) is 12.3 Å². The molecule has 0 N–H and O–H groups in total. The van der Waals surface area contributed by atoms with Crippen molar-refractivity contribution < 1.29 is 0 Å². The summed E-state index contributed by atoms with van der Waals surface area (Å²) in [4.78, 5) is 4.49. The van der Waals surface area contributed by atoms with Crippen molar-refractivity contribution in [3.63, 3.8) is 0 Å². The Labute approximate surface area is 62.8 Å². The summed E-state index contributed by atoms with van der Waals surface area (Å²) in [5, 5.41) is 0. The third-order valence-electron chi connectivity index (χ3n) is 2.04. The van der Waals surface area contributed by atoms with E-state index in [0.717, 1.165) is 19.6 Å². The Morgan fingerprint density at radius 3 is 2.60 bits per heavy atom. The molecular formula is C8H14N2. The average molecular weight is 138 g/mol. The molecule has 1 atom stereocenters. The van der Waals surface area contributed by atoms with Gasteiger partial charge in [0.1, 0.15) is 0 Å². The molecule has 0 saturated carbocycles. The monoisotopic (exact) mass is 138 g/mol. The Morgan fingerprint density at radius 1 is 1.40 bits per heavy atom. The minimum absolute atomic E-state index is 0.318. The van der Waals surface area contributed by atoms with Crippen LogP contribution in [0.5, 0.6) is 0 Å². The van der Waals surface area contributed by atoms with Crippen LogP contribution in [-0.4, -0.2) is 49.6 Å². The minimum atomic E-state index is 0.318. The third kappa shape index (κ3) is 1.50. The van der Waals surface area contributed by atoms with Gasteiger partial charge < -0.3 is 4.90 Å². The van der Waals surface area contributed by atoms with Crippen LogP contribution in [0.1, 0.15) is 0 Å². The highest BCUT2D eigenvalue weighted by Gasteiger charge is 2.19. The van der Waals surface area contributed by atoms with Crippen molar-refractivity contribution >= 4 is 0 Å². The second kappa shape index (κ2) is 3.05. The highest BCUT2D eigenvalue weighted by Crippen LogP contribution is 2.03. The van der Waals surface area contributed by atoms with Crippen LogP contribution in [0.25, 0.3) is 0 Å². The zero-order valence-corrected chi connectivity index (χ0v) is 6.67. The molecule has 0 unspecified atom stereocenters. The molecule has 0 aromatic rings. The molecule has 0 aromatic carbocycles. The molecule has 1 fully saturated rings. The number of piperazine rings is 1. The van der Waals surface area contributed by atoms with Crippen molar-refractivity contribution in [1.29, 1.82) is 0 Å². The Kier molecular flexibility index (Phi) is 2.31. The van der Waals surface area contributed by atoms with Crippen molar-refractivity contribution in [2.45, 2.75) is 6.04 Å². The molecule has 0 bridgehead atoms. The van der Waals surface area contributed by atoms with E-state index in [1.807, 2.05) is 0 Å². The summed E-state index contributed by atoms with van der Waals surface area (Å²) in [6, 6.07) is 0.318. The van der Waals surface area contributed by atoms with Gasteiger partial charge >= 0.3 is 0 Å². The number of likely N-dealkylation sites (N-methyl/N-ethyl adjacent to an activating group) is 2. The average Bonchev–Trinajstić information content (AvgIpc) is 1.94. The lowest BCUT2D eigenvalue weighted by atomic mass is 10.2. The van der Waals surface area contributed by atoms with Crippen LogP contribution in [0.2, 0.25) is 0 Å². The molecule has 1 rings (SSSR count). The predicted molar refractivity (Wildman–Crippen MR) is 42.7 cm³/mol. The van der Waals surface area contributed by atoms with Crippen molar-refractivity contribution in [3.8, 4) is 12.3 Å². The van der Waals surface area contributed by atoms with Crippen LogP contribution in [0.15, 0.2) is 0 Å². The van der Waals surface area contributed by atoms with Gasteiger partial charge in [-0.15, -0.1) is 6.42 Å². The normalized spacial score (nSPS) is 29.9. The lowest BCUT2D eigenvalue weighted by molar-refractivity contribution is 0.146. The molecule has 2 heteroatoms. The van der Waals surface area contributed by atoms with Crippen molar-refractivity contribution in [3.05, 3.63) is 0 Å². The Balaban J connectivity index is 2.47. The maximum atomic E-state index is 5.34. The molecule has 2 nitrogen and oxygen atoms in total. The molecule has 0 amide bonds. The molecule has 1 saturated heterocycles. The zero-order chi connectivity index (χ0) is 7.56. The number of hydrogen-bond donors (Lipinski definition) is 0. The van der Waals surface area contributed by atoms with E-state index in [4.69, 9.17) is 6.42 Å². The first-order chi connectivity index (χ1) is 4.74. The van der Waals surface area contributed by atoms with E-state index in [1.54, 1.807) is 0 Å². The quantitative estimate of drug-likeness (QED) is 0.430. The molecule has 10 heavy (non-hydrogen) atoms. The van der Waals surface area contributed by atoms with Gasteiger partial charge in [0.05, 0.1) is 6.04 Å². The second-order valence-electron chi connectivity index (χ2n) is 2.93. The summed E-state index contributed by atoms with van der Waals surface area (Å²) < 4.78 is 0. The van der Waals surface area contributed by atoms with Gasteiger partial charge in [-0.1, -0.05) is 5.92 Å². The molecule has 0 spiro atoms. The van der Waals surface area contributed by atoms with E-state index < -0.39 is 0 Å². The van der Waals surface area contributed by atoms with Gasteiger partial charge in [-0.25, -0.2) is 0 Å². The van der Waals surface area contributed by atoms with Crippen LogP contribution in [0.4, 0.5) is 0 Å². The van der Waals surface area contributed by atoms with Crippen LogP contribution in [-0.2, 0) is 0 Å². The summed E-state index contributed by atoms with van der Waals surface area (Å²) in [5.41, 5.74) is 0. The largest absolute Gasteiger partial charge is 0.303 e. The lowest BCUT2D eigenvalue weighted by Crippen LogP contribution is -2.49. The van der Waals surface area contributed by atoms with Crippen molar-refractivity contribution in [1.82, 2.24) is 9.80 Å². The Bertz CT molecular complexity index is 148. The molecule has 1 aliphatic rings. The fraction of sp³-hybridized carbons (Fsp3) is 0.750. The Hall–Kier alpha value is -0.520. The fourth-order valence-corrected chi connectivity index (χ4v) is 1.19. The topological polar surface area (TPSA) is 6.48 Å². The van der Waals surface area contributed by atoms with Crippen LogP contribution >= 0.6 is 0 Å². The van der Waals surface area contributed by atoms with Gasteiger partial charge in [0.15, 0.2) is 0 Å². The van der Waals surface area contributed by atoms with Gasteiger partial charge in [0, 0.05) is 19.6 Å². The van der Waals surface area contributed by atoms with E-state index in [9.17, 15) is 0 Å². The first-order valence-electron chi connectivity index (χ1n) is 3.59. The molecule has 0 aromatic heterocycles. The highest BCUT2D eigenvalue weighted by atomic mass is 15.3. The molecule has 0 radical (unpaired) electrons. The first-order valence-corrected chi connectivity index (χ1v) is 3.59. The van der Waals surface area contributed by atoms with E-state index in [1.165, 1.54) is 0 Å². The number of rotatable bonds is 0. The standard InChI is InChI=1S/C8H14N2/c1-4-8-7-9(2)5-6-10(8)3/h1,8H,5-7H2,2-3H3/t8-/m1/s1. The lowest BCUT2D eigenvalue weighted by Gasteiger charge is -2.34. The number of nitrogens with zero attached hydrogens (tertiary/aromatic N) is 2. The summed E-state index contributed by atoms with van der Waals surface area (Å²) in [6.45, 7) is 3.23. The fourth-order valence-electron chi connectivity index (χ4n) is 1.19. The van der Waals surface area contributed by atoms with E-state index >= 15 is 0 Å². The summed E-state index contributed by atoms with van der Waals surface area (Å²) in [6.07, 6.45) is 5.34. The summed E-state index contributed by atoms with van der Waals surface area (Å²) >= 11 is 0. The van der Waals surface area contributed by atoms with E-state index in [2.05, 4.69) is 29.8 Å². The van der Waals surface area contributed by atoms with Gasteiger partial charge in [0.25, 0.3) is 0 Å². The van der Waals surface area contributed by atoms with Crippen LogP contribution < -0.4 is 0 Å².